The van der Waals surface area contributed by atoms with Gasteiger partial charge in [-0.15, -0.1) is 0 Å². The topological polar surface area (TPSA) is 79.8 Å². The number of hydrogen-bond donors (Lipinski definition) is 2. The van der Waals surface area contributed by atoms with Crippen LogP contribution in [0.3, 0.4) is 0 Å². The predicted octanol–water partition coefficient (Wildman–Crippen LogP) is 2.47. The second-order valence-electron chi connectivity index (χ2n) is 6.24. The summed E-state index contributed by atoms with van der Waals surface area (Å²) in [4.78, 5) is 27.2. The van der Waals surface area contributed by atoms with Gasteiger partial charge in [0.05, 0.1) is 11.7 Å². The molecule has 0 saturated heterocycles. The molecule has 0 aliphatic carbocycles. The number of fused-ring (bicyclic) bond motifs is 1. The molecule has 0 atom stereocenters. The van der Waals surface area contributed by atoms with Crippen LogP contribution in [0.2, 0.25) is 0 Å². The van der Waals surface area contributed by atoms with Gasteiger partial charge < -0.3 is 10.3 Å². The highest BCUT2D eigenvalue weighted by Gasteiger charge is 2.16. The van der Waals surface area contributed by atoms with E-state index in [1.165, 1.54) is 0 Å². The summed E-state index contributed by atoms with van der Waals surface area (Å²) in [6.45, 7) is 6.73. The molecule has 3 rings (SSSR count). The second kappa shape index (κ2) is 6.93. The number of rotatable bonds is 5. The third kappa shape index (κ3) is 3.33. The van der Waals surface area contributed by atoms with Gasteiger partial charge in [0, 0.05) is 24.2 Å². The molecule has 0 bridgehead atoms. The molecule has 130 valence electrons. The summed E-state index contributed by atoms with van der Waals surface area (Å²) in [5.41, 5.74) is 3.41. The molecular weight excluding hydrogens is 316 g/mol. The fourth-order valence-corrected chi connectivity index (χ4v) is 2.96. The smallest absolute Gasteiger partial charge is 0.261 e. The molecule has 1 aromatic carbocycles. The predicted molar refractivity (Wildman–Crippen MR) is 98.0 cm³/mol. The molecule has 2 N–H and O–H groups in total. The van der Waals surface area contributed by atoms with Crippen LogP contribution in [0.1, 0.15) is 33.6 Å². The van der Waals surface area contributed by atoms with Crippen LogP contribution in [0, 0.1) is 20.8 Å². The fraction of sp³-hybridized carbons (Fsp3) is 0.316. The van der Waals surface area contributed by atoms with Crippen molar-refractivity contribution in [3.05, 3.63) is 63.2 Å². The van der Waals surface area contributed by atoms with Gasteiger partial charge in [-0.3, -0.25) is 14.3 Å². The Labute approximate surface area is 145 Å². The lowest BCUT2D eigenvalue weighted by Crippen LogP contribution is -2.32. The molecule has 0 aliphatic rings. The maximum absolute atomic E-state index is 12.4. The van der Waals surface area contributed by atoms with Gasteiger partial charge in [-0.05, 0) is 44.4 Å². The van der Waals surface area contributed by atoms with E-state index in [1.807, 2.05) is 55.9 Å². The Kier molecular flexibility index (Phi) is 4.70. The van der Waals surface area contributed by atoms with Gasteiger partial charge in [-0.2, -0.15) is 5.10 Å². The summed E-state index contributed by atoms with van der Waals surface area (Å²) < 4.78 is 1.93. The lowest BCUT2D eigenvalue weighted by molar-refractivity contribution is 0.0950. The molecule has 0 aliphatic heterocycles. The van der Waals surface area contributed by atoms with Gasteiger partial charge in [0.2, 0.25) is 0 Å². The van der Waals surface area contributed by atoms with Crippen LogP contribution in [-0.2, 0) is 6.54 Å². The highest BCUT2D eigenvalue weighted by Crippen LogP contribution is 2.13. The first kappa shape index (κ1) is 17.0. The normalized spacial score (nSPS) is 11.0. The van der Waals surface area contributed by atoms with E-state index in [0.29, 0.717) is 13.1 Å². The van der Waals surface area contributed by atoms with E-state index in [1.54, 1.807) is 0 Å². The second-order valence-corrected chi connectivity index (χ2v) is 6.24. The third-order valence-corrected chi connectivity index (χ3v) is 4.64. The van der Waals surface area contributed by atoms with Crippen LogP contribution < -0.4 is 10.9 Å². The van der Waals surface area contributed by atoms with Crippen molar-refractivity contribution < 1.29 is 4.79 Å². The van der Waals surface area contributed by atoms with Crippen LogP contribution >= 0.6 is 0 Å². The van der Waals surface area contributed by atoms with E-state index in [0.717, 1.165) is 34.1 Å². The SMILES string of the molecule is Cc1[nH]c(=O)c(C(=O)NCCCn2ncc3ccccc32)c(C)c1C. The van der Waals surface area contributed by atoms with Crippen molar-refractivity contribution in [2.45, 2.75) is 33.7 Å². The van der Waals surface area contributed by atoms with Crippen LogP contribution in [-0.4, -0.2) is 27.2 Å². The molecule has 1 amide bonds. The number of benzene rings is 1. The lowest BCUT2D eigenvalue weighted by atomic mass is 10.0. The monoisotopic (exact) mass is 338 g/mol. The Bertz CT molecular complexity index is 985. The van der Waals surface area contributed by atoms with E-state index in [4.69, 9.17) is 0 Å². The van der Waals surface area contributed by atoms with Gasteiger partial charge in [-0.25, -0.2) is 0 Å². The van der Waals surface area contributed by atoms with Crippen LogP contribution in [0.5, 0.6) is 0 Å². The summed E-state index contributed by atoms with van der Waals surface area (Å²) in [5, 5.41) is 8.31. The summed E-state index contributed by atoms with van der Waals surface area (Å²) in [6.07, 6.45) is 2.57. The number of carbonyl (C=O) groups excluding carboxylic acids is 1. The molecule has 2 aromatic heterocycles. The summed E-state index contributed by atoms with van der Waals surface area (Å²) in [6, 6.07) is 8.02. The van der Waals surface area contributed by atoms with Gasteiger partial charge >= 0.3 is 0 Å². The van der Waals surface area contributed by atoms with E-state index >= 15 is 0 Å². The Morgan fingerprint density at radius 1 is 1.20 bits per heavy atom. The van der Waals surface area contributed by atoms with Crippen LogP contribution in [0.25, 0.3) is 10.9 Å². The molecule has 25 heavy (non-hydrogen) atoms. The Hall–Kier alpha value is -2.89. The number of para-hydroxylation sites is 1. The first-order valence-electron chi connectivity index (χ1n) is 8.38. The first-order chi connectivity index (χ1) is 12.0. The highest BCUT2D eigenvalue weighted by molar-refractivity contribution is 5.95. The number of hydrogen-bond acceptors (Lipinski definition) is 3. The number of nitrogens with one attached hydrogen (secondary N) is 2. The standard InChI is InChI=1S/C19H22N4O2/c1-12-13(2)17(19(25)22-14(12)3)18(24)20-9-6-10-23-16-8-5-4-7-15(16)11-21-23/h4-5,7-8,11H,6,9-10H2,1-3H3,(H,20,24)(H,22,25). The van der Waals surface area contributed by atoms with Crippen molar-refractivity contribution >= 4 is 16.8 Å². The summed E-state index contributed by atoms with van der Waals surface area (Å²) >= 11 is 0. The number of aromatic nitrogens is 3. The van der Waals surface area contributed by atoms with Crippen molar-refractivity contribution in [2.24, 2.45) is 0 Å². The minimum Gasteiger partial charge on any atom is -0.352 e. The fourth-order valence-electron chi connectivity index (χ4n) is 2.96. The zero-order valence-electron chi connectivity index (χ0n) is 14.7. The summed E-state index contributed by atoms with van der Waals surface area (Å²) in [5.74, 6) is -0.327. The number of H-pyrrole nitrogens is 1. The third-order valence-electron chi connectivity index (χ3n) is 4.64. The molecule has 3 aromatic rings. The molecule has 0 radical (unpaired) electrons. The number of pyridine rings is 1. The van der Waals surface area contributed by atoms with Crippen LogP contribution in [0.4, 0.5) is 0 Å². The van der Waals surface area contributed by atoms with Crippen molar-refractivity contribution in [3.8, 4) is 0 Å². The highest BCUT2D eigenvalue weighted by atomic mass is 16.2. The number of amides is 1. The number of carbonyl (C=O) groups is 1. The minimum absolute atomic E-state index is 0.202. The zero-order valence-corrected chi connectivity index (χ0v) is 14.7. The number of aryl methyl sites for hydroxylation is 2. The molecule has 6 nitrogen and oxygen atoms in total. The van der Waals surface area contributed by atoms with Gasteiger partial charge in [0.15, 0.2) is 0 Å². The molecule has 6 heteroatoms. The van der Waals surface area contributed by atoms with Crippen molar-refractivity contribution in [3.63, 3.8) is 0 Å². The van der Waals surface area contributed by atoms with Crippen molar-refractivity contribution in [1.29, 1.82) is 0 Å². The average molecular weight is 338 g/mol. The van der Waals surface area contributed by atoms with Gasteiger partial charge in [0.1, 0.15) is 5.56 Å². The maximum atomic E-state index is 12.4. The Morgan fingerprint density at radius 3 is 2.76 bits per heavy atom. The quantitative estimate of drug-likeness (QED) is 0.701. The van der Waals surface area contributed by atoms with Crippen molar-refractivity contribution in [1.82, 2.24) is 20.1 Å². The molecule has 0 unspecified atom stereocenters. The minimum atomic E-state index is -0.337. The van der Waals surface area contributed by atoms with Gasteiger partial charge in [-0.1, -0.05) is 18.2 Å². The molecule has 0 fully saturated rings. The van der Waals surface area contributed by atoms with E-state index in [2.05, 4.69) is 15.4 Å². The lowest BCUT2D eigenvalue weighted by Gasteiger charge is -2.11. The zero-order chi connectivity index (χ0) is 18.0. The van der Waals surface area contributed by atoms with E-state index in [9.17, 15) is 9.59 Å². The largest absolute Gasteiger partial charge is 0.352 e. The van der Waals surface area contributed by atoms with Crippen molar-refractivity contribution in [2.75, 3.05) is 6.54 Å². The Morgan fingerprint density at radius 2 is 1.96 bits per heavy atom. The molecule has 0 spiro atoms. The molecular formula is C19H22N4O2. The average Bonchev–Trinajstić information content (AvgIpc) is 3.00. The number of nitrogens with zero attached hydrogens (tertiary/aromatic N) is 2. The summed E-state index contributed by atoms with van der Waals surface area (Å²) in [7, 11) is 0. The molecule has 2 heterocycles. The van der Waals surface area contributed by atoms with E-state index in [-0.39, 0.29) is 17.0 Å². The first-order valence-corrected chi connectivity index (χ1v) is 8.38. The van der Waals surface area contributed by atoms with Crippen LogP contribution in [0.15, 0.2) is 35.3 Å². The molecule has 0 saturated carbocycles. The Balaban J connectivity index is 1.62. The van der Waals surface area contributed by atoms with E-state index < -0.39 is 0 Å². The maximum Gasteiger partial charge on any atom is 0.261 e. The van der Waals surface area contributed by atoms with Gasteiger partial charge in [0.25, 0.3) is 11.5 Å². The number of aromatic amines is 1.